The summed E-state index contributed by atoms with van der Waals surface area (Å²) in [5.74, 6) is -3.39. The summed E-state index contributed by atoms with van der Waals surface area (Å²) in [5.41, 5.74) is 2.68. The summed E-state index contributed by atoms with van der Waals surface area (Å²) in [7, 11) is 5.03. The third-order valence-electron chi connectivity index (χ3n) is 16.2. The number of carbonyl (C=O) groups is 9. The number of hydrogen-bond acceptors (Lipinski definition) is 14. The molecule has 0 spiro atoms. The molecule has 2 aliphatic rings. The third kappa shape index (κ3) is 28.7. The maximum atomic E-state index is 14.2. The summed E-state index contributed by atoms with van der Waals surface area (Å²) in [6.07, 6.45) is 4.82. The van der Waals surface area contributed by atoms with Crippen molar-refractivity contribution in [1.82, 2.24) is 40.4 Å². The van der Waals surface area contributed by atoms with E-state index < -0.39 is 85.9 Å². The van der Waals surface area contributed by atoms with Crippen molar-refractivity contribution in [3.8, 4) is 0 Å². The van der Waals surface area contributed by atoms with Crippen molar-refractivity contribution < 1.29 is 61.8 Å². The van der Waals surface area contributed by atoms with Crippen LogP contribution in [0.25, 0.3) is 0 Å². The number of esters is 2. The Morgan fingerprint density at radius 3 is 1.19 bits per heavy atom. The Bertz CT molecular complexity index is 3130. The smallest absolute Gasteiger partial charge is 0.410 e. The summed E-state index contributed by atoms with van der Waals surface area (Å²) >= 11 is 0. The summed E-state index contributed by atoms with van der Waals surface area (Å²) < 4.78 is 21.9. The molecule has 0 aliphatic carbocycles. The quantitative estimate of drug-likeness (QED) is 0.0207. The van der Waals surface area contributed by atoms with Crippen LogP contribution < -0.4 is 16.0 Å². The Kier molecular flexibility index (Phi) is 33.7. The second kappa shape index (κ2) is 40.4. The molecule has 22 heteroatoms. The molecule has 21 nitrogen and oxygen atoms in total. The van der Waals surface area contributed by atoms with Crippen molar-refractivity contribution in [1.29, 1.82) is 0 Å². The lowest BCUT2D eigenvalue weighted by molar-refractivity contribution is -0.151. The first kappa shape index (κ1) is 81.1. The fraction of sp³-hybridized carbons (Fsp3) is 0.533. The number of amides is 7. The van der Waals surface area contributed by atoms with Crippen LogP contribution in [0, 0.1) is 11.8 Å². The van der Waals surface area contributed by atoms with Gasteiger partial charge in [-0.3, -0.25) is 43.3 Å². The van der Waals surface area contributed by atoms with Crippen LogP contribution in [-0.4, -0.2) is 183 Å². The molecular formula is C75H110N8O13Si. The lowest BCUT2D eigenvalue weighted by Crippen LogP contribution is -2.60. The van der Waals surface area contributed by atoms with Crippen LogP contribution in [0.3, 0.4) is 0 Å². The lowest BCUT2D eigenvalue weighted by atomic mass is 9.98. The first-order valence-electron chi connectivity index (χ1n) is 34.0. The van der Waals surface area contributed by atoms with Crippen LogP contribution >= 0.6 is 0 Å². The molecule has 4 aromatic rings. The maximum absolute atomic E-state index is 14.2. The minimum Gasteiger partial charge on any atom is -0.548 e. The summed E-state index contributed by atoms with van der Waals surface area (Å²) in [6, 6.07) is 31.8. The van der Waals surface area contributed by atoms with E-state index in [0.717, 1.165) is 66.5 Å². The molecule has 0 saturated carbocycles. The van der Waals surface area contributed by atoms with E-state index in [-0.39, 0.29) is 62.0 Å². The van der Waals surface area contributed by atoms with Gasteiger partial charge in [-0.25, -0.2) is 4.79 Å². The van der Waals surface area contributed by atoms with Gasteiger partial charge in [0, 0.05) is 53.7 Å². The van der Waals surface area contributed by atoms with Crippen molar-refractivity contribution >= 4 is 61.8 Å². The van der Waals surface area contributed by atoms with Gasteiger partial charge in [0.15, 0.2) is 0 Å². The molecular weight excluding hydrogens is 1250 g/mol. The van der Waals surface area contributed by atoms with E-state index >= 15 is 0 Å². The molecule has 2 unspecified atom stereocenters. The number of piperidine rings is 2. The summed E-state index contributed by atoms with van der Waals surface area (Å²) in [5, 5.41) is 8.70. The average Bonchev–Trinajstić information content (AvgIpc) is 0.829. The summed E-state index contributed by atoms with van der Waals surface area (Å²) in [6.45, 7) is 26.9. The van der Waals surface area contributed by atoms with Crippen LogP contribution in [0.2, 0.25) is 19.6 Å². The number of nitrogens with zero attached hydrogens (tertiary/aromatic N) is 5. The van der Waals surface area contributed by atoms with Gasteiger partial charge in [-0.05, 0) is 133 Å². The Labute approximate surface area is 577 Å². The highest BCUT2D eigenvalue weighted by Crippen LogP contribution is 2.22. The van der Waals surface area contributed by atoms with Gasteiger partial charge in [0.05, 0.1) is 24.6 Å². The van der Waals surface area contributed by atoms with Crippen molar-refractivity contribution in [2.45, 2.75) is 194 Å². The first-order valence-corrected chi connectivity index (χ1v) is 37.4. The molecule has 0 aromatic heterocycles. The van der Waals surface area contributed by atoms with E-state index in [2.05, 4.69) is 42.2 Å². The molecule has 2 aliphatic heterocycles. The fourth-order valence-electron chi connectivity index (χ4n) is 11.5. The monoisotopic (exact) mass is 1360 g/mol. The minimum absolute atomic E-state index is 0.0398. The maximum Gasteiger partial charge on any atom is 0.410 e. The predicted octanol–water partition coefficient (Wildman–Crippen LogP) is 9.88. The van der Waals surface area contributed by atoms with E-state index in [1.165, 1.54) is 28.8 Å². The Hall–Kier alpha value is -8.37. The molecule has 4 aromatic carbocycles. The normalized spacial score (nSPS) is 14.9. The number of rotatable bonds is 28. The van der Waals surface area contributed by atoms with Gasteiger partial charge in [-0.1, -0.05) is 156 Å². The standard InChI is InChI=1S/C37H52N4O7.C32H44N4O5.C6H14OSi/c1-26(2)32(40(7)35(45)30(23-27-17-11-8-12-18-27)39(6)36(46)48-37(3,4)5)33(43)38-29(34(44)41-21-15-10-16-22-41)24-31(42)47-25-28-19-13-9-14-20-28;1-23(2)29(35(4)31(39)26(33-3)20-24-14-8-5-9-15-24)30(38)34-27(32(40)36-18-12-7-13-19-36)21-28(37)41-22-25-16-10-6-11-17-25;1-6(2)7-8(3,4)5/h8-9,11-14,17-20,26,29-30,32H,10,15-16,21-25H2,1-7H3,(H,38,43);5-6,8-11,14-17,23,26-27,29,33H,7,12-13,18-22H2,1-4H3,(H,34,38);1H2,2-5H3/t29-,30?,32-;26?,27-,29-;/m00./s1. The average molecular weight is 1360 g/mol. The van der Waals surface area contributed by atoms with Crippen LogP contribution in [0.1, 0.15) is 129 Å². The zero-order valence-electron chi connectivity index (χ0n) is 60.2. The van der Waals surface area contributed by atoms with Gasteiger partial charge in [-0.15, -0.1) is 0 Å². The number of benzene rings is 4. The summed E-state index contributed by atoms with van der Waals surface area (Å²) in [4.78, 5) is 129. The molecule has 532 valence electrons. The molecule has 2 heterocycles. The van der Waals surface area contributed by atoms with Crippen LogP contribution in [-0.2, 0) is 83.0 Å². The number of likely N-dealkylation sites (tertiary alicyclic amines) is 2. The molecule has 6 rings (SSSR count). The van der Waals surface area contributed by atoms with Gasteiger partial charge < -0.3 is 54.2 Å². The number of likely N-dealkylation sites (N-methyl/N-ethyl adjacent to an activating group) is 4. The molecule has 6 atom stereocenters. The SMILES string of the molecule is C=C(C)O[Si](C)(C)C.CC(C)[C@@H](C(=O)N[C@@H](CC(=O)OCc1ccccc1)C(=O)N1CCCCC1)N(C)C(=O)C(Cc1ccccc1)N(C)C(=O)OC(C)(C)C.CNC(Cc1ccccc1)C(=O)N(C)[C@H](C(=O)N[C@@H](CC(=O)OCc1ccccc1)C(=O)N1CCCCC1)C(C)C. The van der Waals surface area contributed by atoms with Crippen molar-refractivity contribution in [3.63, 3.8) is 0 Å². The van der Waals surface area contributed by atoms with Crippen molar-refractivity contribution in [2.75, 3.05) is 54.4 Å². The second-order valence-corrected chi connectivity index (χ2v) is 32.0. The van der Waals surface area contributed by atoms with Crippen molar-refractivity contribution in [3.05, 3.63) is 156 Å². The Balaban J connectivity index is 0.000000373. The number of allylic oxidation sites excluding steroid dienone is 1. The molecule has 0 radical (unpaired) electrons. The van der Waals surface area contributed by atoms with Gasteiger partial charge in [0.1, 0.15) is 49.0 Å². The van der Waals surface area contributed by atoms with E-state index in [9.17, 15) is 43.2 Å². The number of nitrogens with one attached hydrogen (secondary N) is 3. The molecule has 0 bridgehead atoms. The third-order valence-corrected chi connectivity index (χ3v) is 17.2. The van der Waals surface area contributed by atoms with Crippen LogP contribution in [0.4, 0.5) is 4.79 Å². The highest BCUT2D eigenvalue weighted by Gasteiger charge is 2.41. The largest absolute Gasteiger partial charge is 0.548 e. The highest BCUT2D eigenvalue weighted by atomic mass is 28.4. The topological polar surface area (TPSA) is 243 Å². The number of carbonyl (C=O) groups excluding carboxylic acids is 9. The van der Waals surface area contributed by atoms with E-state index in [0.29, 0.717) is 32.6 Å². The molecule has 2 fully saturated rings. The van der Waals surface area contributed by atoms with E-state index in [1.54, 1.807) is 58.5 Å². The van der Waals surface area contributed by atoms with E-state index in [1.807, 2.05) is 142 Å². The van der Waals surface area contributed by atoms with E-state index in [4.69, 9.17) is 18.6 Å². The predicted molar refractivity (Wildman–Crippen MR) is 379 cm³/mol. The number of hydrogen-bond donors (Lipinski definition) is 3. The van der Waals surface area contributed by atoms with Gasteiger partial charge >= 0.3 is 18.0 Å². The molecule has 3 N–H and O–H groups in total. The van der Waals surface area contributed by atoms with Gasteiger partial charge in [0.25, 0.3) is 0 Å². The van der Waals surface area contributed by atoms with Crippen LogP contribution in [0.5, 0.6) is 0 Å². The molecule has 2 saturated heterocycles. The minimum atomic E-state index is -1.32. The Morgan fingerprint density at radius 2 is 0.866 bits per heavy atom. The molecule has 7 amide bonds. The molecule has 97 heavy (non-hydrogen) atoms. The first-order chi connectivity index (χ1) is 45.8. The number of ether oxygens (including phenoxy) is 3. The zero-order valence-corrected chi connectivity index (χ0v) is 61.2. The second-order valence-electron chi connectivity index (χ2n) is 27.6. The highest BCUT2D eigenvalue weighted by molar-refractivity contribution is 6.70. The fourth-order valence-corrected chi connectivity index (χ4v) is 12.5. The Morgan fingerprint density at radius 1 is 0.515 bits per heavy atom. The lowest BCUT2D eigenvalue weighted by Gasteiger charge is -2.37. The van der Waals surface area contributed by atoms with Crippen molar-refractivity contribution in [2.24, 2.45) is 11.8 Å². The van der Waals surface area contributed by atoms with Gasteiger partial charge in [0.2, 0.25) is 43.8 Å². The van der Waals surface area contributed by atoms with Crippen LogP contribution in [0.15, 0.2) is 134 Å². The zero-order chi connectivity index (χ0) is 72.0. The van der Waals surface area contributed by atoms with Gasteiger partial charge in [-0.2, -0.15) is 0 Å².